The van der Waals surface area contributed by atoms with Crippen LogP contribution in [0.3, 0.4) is 0 Å². The van der Waals surface area contributed by atoms with E-state index in [2.05, 4.69) is 10.3 Å². The Bertz CT molecular complexity index is 644. The van der Waals surface area contributed by atoms with E-state index >= 15 is 0 Å². The number of pyridine rings is 1. The van der Waals surface area contributed by atoms with Crippen molar-refractivity contribution in [2.75, 3.05) is 5.32 Å². The van der Waals surface area contributed by atoms with Crippen LogP contribution in [-0.2, 0) is 0 Å². The lowest BCUT2D eigenvalue weighted by Crippen LogP contribution is -2.13. The van der Waals surface area contributed by atoms with Gasteiger partial charge in [0.1, 0.15) is 17.6 Å². The number of nitrogens with zero attached hydrogens (tertiary/aromatic N) is 2. The molecule has 19 heavy (non-hydrogen) atoms. The van der Waals surface area contributed by atoms with E-state index in [-0.39, 0.29) is 16.4 Å². The molecule has 0 aliphatic carbocycles. The van der Waals surface area contributed by atoms with Crippen molar-refractivity contribution in [3.8, 4) is 6.07 Å². The number of nitriles is 1. The van der Waals surface area contributed by atoms with E-state index < -0.39 is 11.7 Å². The van der Waals surface area contributed by atoms with Crippen molar-refractivity contribution in [2.45, 2.75) is 0 Å². The van der Waals surface area contributed by atoms with E-state index in [1.807, 2.05) is 6.07 Å². The molecule has 94 valence electrons. The molecule has 0 unspecified atom stereocenters. The molecule has 0 radical (unpaired) electrons. The number of halogens is 2. The van der Waals surface area contributed by atoms with Gasteiger partial charge in [0.05, 0.1) is 5.56 Å². The summed E-state index contributed by atoms with van der Waals surface area (Å²) in [6.07, 6.45) is 1.29. The van der Waals surface area contributed by atoms with Crippen LogP contribution in [0.4, 0.5) is 10.1 Å². The molecule has 0 bridgehead atoms. The summed E-state index contributed by atoms with van der Waals surface area (Å²) in [4.78, 5) is 15.6. The second kappa shape index (κ2) is 5.46. The molecule has 1 amide bonds. The number of anilines is 1. The van der Waals surface area contributed by atoms with Crippen molar-refractivity contribution in [1.29, 1.82) is 5.26 Å². The zero-order valence-corrected chi connectivity index (χ0v) is 10.3. The molecule has 2 aromatic rings. The van der Waals surface area contributed by atoms with Gasteiger partial charge >= 0.3 is 0 Å². The second-order valence-corrected chi connectivity index (χ2v) is 4.09. The van der Waals surface area contributed by atoms with Gasteiger partial charge in [0.15, 0.2) is 0 Å². The first-order valence-corrected chi connectivity index (χ1v) is 5.60. The van der Waals surface area contributed by atoms with E-state index in [0.717, 1.165) is 12.1 Å². The van der Waals surface area contributed by atoms with E-state index in [0.29, 0.717) is 5.56 Å². The minimum absolute atomic E-state index is 0.124. The van der Waals surface area contributed by atoms with Gasteiger partial charge in [-0.15, -0.1) is 0 Å². The Balaban J connectivity index is 2.18. The highest BCUT2D eigenvalue weighted by molar-refractivity contribution is 6.31. The standard InChI is InChI=1S/C13H7ClFN3O/c14-9-3-10(15)5-11(4-9)18-13(19)12-2-1-8(6-16)7-17-12/h1-5,7H,(H,18,19). The lowest BCUT2D eigenvalue weighted by Gasteiger charge is -2.05. The number of carbonyl (C=O) groups excluding carboxylic acids is 1. The predicted molar refractivity (Wildman–Crippen MR) is 68.3 cm³/mol. The summed E-state index contributed by atoms with van der Waals surface area (Å²) >= 11 is 5.68. The first-order valence-electron chi connectivity index (χ1n) is 5.22. The molecule has 1 heterocycles. The molecule has 0 atom stereocenters. The summed E-state index contributed by atoms with van der Waals surface area (Å²) in [7, 11) is 0. The van der Waals surface area contributed by atoms with Crippen molar-refractivity contribution >= 4 is 23.2 Å². The lowest BCUT2D eigenvalue weighted by molar-refractivity contribution is 0.102. The highest BCUT2D eigenvalue weighted by Gasteiger charge is 2.09. The Morgan fingerprint density at radius 1 is 1.37 bits per heavy atom. The molecule has 0 aliphatic rings. The fourth-order valence-electron chi connectivity index (χ4n) is 1.42. The molecule has 6 heteroatoms. The Morgan fingerprint density at radius 2 is 2.16 bits per heavy atom. The van der Waals surface area contributed by atoms with E-state index in [1.165, 1.54) is 24.4 Å². The Hall–Kier alpha value is -2.45. The van der Waals surface area contributed by atoms with Crippen LogP contribution in [0.25, 0.3) is 0 Å². The number of amides is 1. The SMILES string of the molecule is N#Cc1ccc(C(=O)Nc2cc(F)cc(Cl)c2)nc1. The van der Waals surface area contributed by atoms with Gasteiger partial charge in [-0.1, -0.05) is 11.6 Å². The van der Waals surface area contributed by atoms with Gasteiger partial charge < -0.3 is 5.32 Å². The molecule has 0 fully saturated rings. The topological polar surface area (TPSA) is 65.8 Å². The maximum atomic E-state index is 13.1. The third-order valence-corrected chi connectivity index (χ3v) is 2.46. The molecule has 0 aliphatic heterocycles. The van der Waals surface area contributed by atoms with Gasteiger partial charge in [-0.2, -0.15) is 5.26 Å². The third kappa shape index (κ3) is 3.27. The molecule has 2 rings (SSSR count). The minimum Gasteiger partial charge on any atom is -0.320 e. The molecule has 0 saturated heterocycles. The highest BCUT2D eigenvalue weighted by atomic mass is 35.5. The van der Waals surface area contributed by atoms with Crippen molar-refractivity contribution in [3.05, 3.63) is 58.6 Å². The van der Waals surface area contributed by atoms with Crippen molar-refractivity contribution in [3.63, 3.8) is 0 Å². The molecule has 1 aromatic heterocycles. The quantitative estimate of drug-likeness (QED) is 0.916. The van der Waals surface area contributed by atoms with Crippen LogP contribution in [0.2, 0.25) is 5.02 Å². The van der Waals surface area contributed by atoms with Crippen LogP contribution in [0.15, 0.2) is 36.5 Å². The third-order valence-electron chi connectivity index (χ3n) is 2.25. The maximum Gasteiger partial charge on any atom is 0.274 e. The first-order chi connectivity index (χ1) is 9.08. The summed E-state index contributed by atoms with van der Waals surface area (Å²) < 4.78 is 13.1. The minimum atomic E-state index is -0.546. The smallest absolute Gasteiger partial charge is 0.274 e. The van der Waals surface area contributed by atoms with Crippen molar-refractivity contribution in [2.24, 2.45) is 0 Å². The van der Waals surface area contributed by atoms with Gasteiger partial charge in [-0.3, -0.25) is 4.79 Å². The number of hydrogen-bond acceptors (Lipinski definition) is 3. The first kappa shape index (κ1) is 13.0. The number of carbonyl (C=O) groups is 1. The number of hydrogen-bond donors (Lipinski definition) is 1. The Labute approximate surface area is 113 Å². The molecule has 1 N–H and O–H groups in total. The normalized spacial score (nSPS) is 9.74. The van der Waals surface area contributed by atoms with Crippen LogP contribution >= 0.6 is 11.6 Å². The van der Waals surface area contributed by atoms with E-state index in [4.69, 9.17) is 16.9 Å². The van der Waals surface area contributed by atoms with Gasteiger partial charge in [0.2, 0.25) is 0 Å². The molecule has 1 aromatic carbocycles. The largest absolute Gasteiger partial charge is 0.320 e. The van der Waals surface area contributed by atoms with Crippen molar-refractivity contribution in [1.82, 2.24) is 4.98 Å². The Kier molecular flexibility index (Phi) is 3.74. The van der Waals surface area contributed by atoms with Crippen LogP contribution in [0, 0.1) is 17.1 Å². The summed E-state index contributed by atoms with van der Waals surface area (Å²) in [6, 6.07) is 8.49. The zero-order chi connectivity index (χ0) is 13.8. The number of rotatable bonds is 2. The monoisotopic (exact) mass is 275 g/mol. The summed E-state index contributed by atoms with van der Waals surface area (Å²) in [6.45, 7) is 0. The lowest BCUT2D eigenvalue weighted by atomic mass is 10.2. The van der Waals surface area contributed by atoms with Crippen LogP contribution < -0.4 is 5.32 Å². The fourth-order valence-corrected chi connectivity index (χ4v) is 1.64. The van der Waals surface area contributed by atoms with Crippen LogP contribution in [0.5, 0.6) is 0 Å². The maximum absolute atomic E-state index is 13.1. The number of nitrogens with one attached hydrogen (secondary N) is 1. The van der Waals surface area contributed by atoms with Gasteiger partial charge in [-0.25, -0.2) is 9.37 Å². The summed E-state index contributed by atoms with van der Waals surface area (Å²) in [5.74, 6) is -1.05. The second-order valence-electron chi connectivity index (χ2n) is 3.66. The van der Waals surface area contributed by atoms with Gasteiger partial charge in [-0.05, 0) is 30.3 Å². The van der Waals surface area contributed by atoms with Crippen molar-refractivity contribution < 1.29 is 9.18 Å². The van der Waals surface area contributed by atoms with Gasteiger partial charge in [0, 0.05) is 16.9 Å². The van der Waals surface area contributed by atoms with Crippen LogP contribution in [0.1, 0.15) is 16.1 Å². The van der Waals surface area contributed by atoms with Crippen LogP contribution in [-0.4, -0.2) is 10.9 Å². The zero-order valence-electron chi connectivity index (χ0n) is 9.52. The number of benzene rings is 1. The predicted octanol–water partition coefficient (Wildman–Crippen LogP) is 3.00. The molecule has 0 saturated carbocycles. The molecular formula is C13H7ClFN3O. The average molecular weight is 276 g/mol. The Morgan fingerprint density at radius 3 is 2.74 bits per heavy atom. The molecule has 0 spiro atoms. The highest BCUT2D eigenvalue weighted by Crippen LogP contribution is 2.18. The molecular weight excluding hydrogens is 269 g/mol. The number of aromatic nitrogens is 1. The summed E-state index contributed by atoms with van der Waals surface area (Å²) in [5, 5.41) is 11.3. The summed E-state index contributed by atoms with van der Waals surface area (Å²) in [5.41, 5.74) is 0.714. The average Bonchev–Trinajstić information content (AvgIpc) is 2.37. The fraction of sp³-hybridized carbons (Fsp3) is 0. The van der Waals surface area contributed by atoms with Gasteiger partial charge in [0.25, 0.3) is 5.91 Å². The van der Waals surface area contributed by atoms with E-state index in [1.54, 1.807) is 0 Å². The van der Waals surface area contributed by atoms with E-state index in [9.17, 15) is 9.18 Å². The molecule has 4 nitrogen and oxygen atoms in total.